The van der Waals surface area contributed by atoms with Crippen LogP contribution in [0.4, 0.5) is 5.95 Å². The first-order chi connectivity index (χ1) is 15.0. The highest BCUT2D eigenvalue weighted by Gasteiger charge is 2.39. The minimum absolute atomic E-state index is 0.247. The molecule has 0 atom stereocenters. The Morgan fingerprint density at radius 1 is 1.00 bits per heavy atom. The maximum Gasteiger partial charge on any atom is 0.198 e. The standard InChI is InChI=1S/C23H20N6O2/c1-13-20(14(2)31-29-13)15-11-16(21-17(12-15)27-22(24)28-21)23(30,18-7-3-5-9-25-18)19-8-4-6-10-26-19/h3-12,30H,1-2H3,(H3,24,27,28). The topological polar surface area (TPSA) is 127 Å². The molecule has 5 aromatic rings. The van der Waals surface area contributed by atoms with Crippen LogP contribution in [-0.4, -0.2) is 30.2 Å². The van der Waals surface area contributed by atoms with Gasteiger partial charge in [0.05, 0.1) is 28.1 Å². The van der Waals surface area contributed by atoms with Crippen molar-refractivity contribution in [1.29, 1.82) is 0 Å². The number of rotatable bonds is 4. The van der Waals surface area contributed by atoms with Gasteiger partial charge in [0.15, 0.2) is 11.5 Å². The van der Waals surface area contributed by atoms with E-state index in [1.807, 2.05) is 38.1 Å². The summed E-state index contributed by atoms with van der Waals surface area (Å²) >= 11 is 0. The number of nitrogens with zero attached hydrogens (tertiary/aromatic N) is 4. The van der Waals surface area contributed by atoms with Gasteiger partial charge < -0.3 is 20.3 Å². The Balaban J connectivity index is 1.89. The monoisotopic (exact) mass is 412 g/mol. The van der Waals surface area contributed by atoms with Crippen LogP contribution in [-0.2, 0) is 5.60 Å². The molecule has 0 aliphatic heterocycles. The van der Waals surface area contributed by atoms with Gasteiger partial charge in [-0.05, 0) is 55.8 Å². The van der Waals surface area contributed by atoms with Crippen LogP contribution in [0.3, 0.4) is 0 Å². The molecule has 4 heterocycles. The van der Waals surface area contributed by atoms with E-state index in [9.17, 15) is 5.11 Å². The van der Waals surface area contributed by atoms with Crippen LogP contribution in [0.2, 0.25) is 0 Å². The predicted octanol–water partition coefficient (Wildman–Crippen LogP) is 3.49. The van der Waals surface area contributed by atoms with Gasteiger partial charge in [-0.1, -0.05) is 17.3 Å². The molecule has 1 aromatic carbocycles. The largest absolute Gasteiger partial charge is 0.373 e. The molecule has 0 bridgehead atoms. The highest BCUT2D eigenvalue weighted by atomic mass is 16.5. The Morgan fingerprint density at radius 2 is 1.68 bits per heavy atom. The highest BCUT2D eigenvalue weighted by Crippen LogP contribution is 2.41. The Morgan fingerprint density at radius 3 is 2.23 bits per heavy atom. The van der Waals surface area contributed by atoms with Crippen molar-refractivity contribution in [3.8, 4) is 11.1 Å². The molecule has 5 rings (SSSR count). The molecule has 0 saturated carbocycles. The van der Waals surface area contributed by atoms with E-state index in [4.69, 9.17) is 10.3 Å². The molecule has 0 unspecified atom stereocenters. The van der Waals surface area contributed by atoms with Crippen molar-refractivity contribution < 1.29 is 9.63 Å². The number of hydrogen-bond acceptors (Lipinski definition) is 7. The third-order valence-electron chi connectivity index (χ3n) is 5.39. The van der Waals surface area contributed by atoms with E-state index in [1.54, 1.807) is 36.7 Å². The van der Waals surface area contributed by atoms with E-state index in [-0.39, 0.29) is 5.95 Å². The molecule has 0 radical (unpaired) electrons. The molecule has 4 N–H and O–H groups in total. The average molecular weight is 412 g/mol. The summed E-state index contributed by atoms with van der Waals surface area (Å²) < 4.78 is 5.37. The average Bonchev–Trinajstić information content (AvgIpc) is 3.34. The van der Waals surface area contributed by atoms with Crippen LogP contribution in [0.5, 0.6) is 0 Å². The van der Waals surface area contributed by atoms with Gasteiger partial charge in [0.1, 0.15) is 5.76 Å². The minimum atomic E-state index is -1.67. The normalized spacial score (nSPS) is 11.8. The molecule has 4 aromatic heterocycles. The molecule has 31 heavy (non-hydrogen) atoms. The number of imidazole rings is 1. The highest BCUT2D eigenvalue weighted by molar-refractivity contribution is 5.88. The molecule has 8 heteroatoms. The Labute approximate surface area is 177 Å². The van der Waals surface area contributed by atoms with Crippen molar-refractivity contribution >= 4 is 17.0 Å². The van der Waals surface area contributed by atoms with Gasteiger partial charge in [0.2, 0.25) is 0 Å². The van der Waals surface area contributed by atoms with E-state index in [0.29, 0.717) is 33.7 Å². The van der Waals surface area contributed by atoms with Gasteiger partial charge in [-0.15, -0.1) is 0 Å². The maximum absolute atomic E-state index is 12.2. The first-order valence-corrected chi connectivity index (χ1v) is 9.77. The number of aromatic nitrogens is 5. The third-order valence-corrected chi connectivity index (χ3v) is 5.39. The van der Waals surface area contributed by atoms with Crippen molar-refractivity contribution in [2.45, 2.75) is 19.4 Å². The fourth-order valence-electron chi connectivity index (χ4n) is 4.01. The summed E-state index contributed by atoms with van der Waals surface area (Å²) in [6.45, 7) is 3.73. The Kier molecular flexibility index (Phi) is 4.30. The first-order valence-electron chi connectivity index (χ1n) is 9.77. The van der Waals surface area contributed by atoms with Gasteiger partial charge in [-0.3, -0.25) is 9.97 Å². The van der Waals surface area contributed by atoms with Crippen LogP contribution in [0.25, 0.3) is 22.2 Å². The molecule has 154 valence electrons. The molecular weight excluding hydrogens is 392 g/mol. The molecule has 0 saturated heterocycles. The number of hydrogen-bond donors (Lipinski definition) is 3. The molecular formula is C23H20N6O2. The van der Waals surface area contributed by atoms with Gasteiger partial charge in [-0.2, -0.15) is 0 Å². The zero-order chi connectivity index (χ0) is 21.6. The smallest absolute Gasteiger partial charge is 0.198 e. The van der Waals surface area contributed by atoms with Gasteiger partial charge >= 0.3 is 0 Å². The van der Waals surface area contributed by atoms with Crippen LogP contribution < -0.4 is 5.73 Å². The Bertz CT molecular complexity index is 1320. The Hall–Kier alpha value is -4.04. The molecule has 0 spiro atoms. The molecule has 8 nitrogen and oxygen atoms in total. The molecule has 0 aliphatic carbocycles. The van der Waals surface area contributed by atoms with E-state index < -0.39 is 5.60 Å². The second-order valence-corrected chi connectivity index (χ2v) is 7.38. The van der Waals surface area contributed by atoms with Crippen molar-refractivity contribution in [3.63, 3.8) is 0 Å². The van der Waals surface area contributed by atoms with E-state index >= 15 is 0 Å². The summed E-state index contributed by atoms with van der Waals surface area (Å²) in [5, 5.41) is 16.3. The van der Waals surface area contributed by atoms with Crippen LogP contribution in [0.1, 0.15) is 28.4 Å². The molecule has 0 aliphatic rings. The van der Waals surface area contributed by atoms with E-state index in [0.717, 1.165) is 16.8 Å². The minimum Gasteiger partial charge on any atom is -0.373 e. The number of aromatic amines is 1. The summed E-state index contributed by atoms with van der Waals surface area (Å²) in [6.07, 6.45) is 3.27. The van der Waals surface area contributed by atoms with Crippen LogP contribution in [0.15, 0.2) is 65.4 Å². The van der Waals surface area contributed by atoms with Crippen LogP contribution >= 0.6 is 0 Å². The van der Waals surface area contributed by atoms with Gasteiger partial charge in [-0.25, -0.2) is 4.98 Å². The quantitative estimate of drug-likeness (QED) is 0.412. The summed E-state index contributed by atoms with van der Waals surface area (Å²) in [7, 11) is 0. The zero-order valence-corrected chi connectivity index (χ0v) is 17.0. The summed E-state index contributed by atoms with van der Waals surface area (Å²) in [4.78, 5) is 16.5. The van der Waals surface area contributed by atoms with Crippen molar-refractivity contribution in [1.82, 2.24) is 25.1 Å². The number of nitrogens with one attached hydrogen (secondary N) is 1. The summed E-state index contributed by atoms with van der Waals surface area (Å²) in [5.41, 5.74) is 9.30. The fourth-order valence-corrected chi connectivity index (χ4v) is 4.01. The van der Waals surface area contributed by atoms with Crippen molar-refractivity contribution in [2.75, 3.05) is 5.73 Å². The first kappa shape index (κ1) is 19.0. The number of pyridine rings is 2. The number of aliphatic hydroxyl groups is 1. The maximum atomic E-state index is 12.2. The number of nitrogens with two attached hydrogens (primary N) is 1. The third kappa shape index (κ3) is 2.96. The van der Waals surface area contributed by atoms with Crippen molar-refractivity contribution in [3.05, 3.63) is 89.3 Å². The van der Waals surface area contributed by atoms with E-state index in [2.05, 4.69) is 25.1 Å². The second kappa shape index (κ2) is 7.03. The number of fused-ring (bicyclic) bond motifs is 1. The van der Waals surface area contributed by atoms with Gasteiger partial charge in [0, 0.05) is 23.5 Å². The lowest BCUT2D eigenvalue weighted by molar-refractivity contribution is 0.117. The zero-order valence-electron chi connectivity index (χ0n) is 17.0. The lowest BCUT2D eigenvalue weighted by Crippen LogP contribution is -2.31. The number of benzene rings is 1. The van der Waals surface area contributed by atoms with Crippen molar-refractivity contribution in [2.24, 2.45) is 0 Å². The SMILES string of the molecule is Cc1noc(C)c1-c1cc(C(O)(c2ccccn2)c2ccccn2)c2nc(N)[nH]c2c1. The predicted molar refractivity (Wildman–Crippen MR) is 116 cm³/mol. The molecule has 0 fully saturated rings. The fraction of sp³-hybridized carbons (Fsp3) is 0.130. The second-order valence-electron chi connectivity index (χ2n) is 7.38. The number of H-pyrrole nitrogens is 1. The lowest BCUT2D eigenvalue weighted by Gasteiger charge is -2.28. The lowest BCUT2D eigenvalue weighted by atomic mass is 9.83. The van der Waals surface area contributed by atoms with E-state index in [1.165, 1.54) is 0 Å². The molecule has 0 amide bonds. The van der Waals surface area contributed by atoms with Gasteiger partial charge in [0.25, 0.3) is 0 Å². The summed E-state index contributed by atoms with van der Waals surface area (Å²) in [6, 6.07) is 14.6. The summed E-state index contributed by atoms with van der Waals surface area (Å²) in [5.74, 6) is 0.922. The number of nitrogen functional groups attached to an aromatic ring is 1. The number of aryl methyl sites for hydroxylation is 2. The van der Waals surface area contributed by atoms with Crippen LogP contribution in [0, 0.1) is 13.8 Å². The number of anilines is 1.